The fraction of sp³-hybridized carbons (Fsp3) is 0.367. The van der Waals surface area contributed by atoms with E-state index in [-0.39, 0.29) is 28.1 Å². The second kappa shape index (κ2) is 13.4. The molecule has 1 aromatic heterocycles. The van der Waals surface area contributed by atoms with Gasteiger partial charge in [-0.3, -0.25) is 4.72 Å². The predicted molar refractivity (Wildman–Crippen MR) is 165 cm³/mol. The topological polar surface area (TPSA) is 132 Å². The van der Waals surface area contributed by atoms with Gasteiger partial charge in [-0.2, -0.15) is 0 Å². The second-order valence-corrected chi connectivity index (χ2v) is 13.1. The summed E-state index contributed by atoms with van der Waals surface area (Å²) in [6, 6.07) is 11.6. The minimum Gasteiger partial charge on any atom is -0.496 e. The smallest absolute Gasteiger partial charge is 0.407 e. The Labute approximate surface area is 252 Å². The van der Waals surface area contributed by atoms with Crippen molar-refractivity contribution in [2.24, 2.45) is 0 Å². The third kappa shape index (κ3) is 8.83. The molecule has 0 radical (unpaired) electrons. The molecule has 1 aliphatic carbocycles. The number of nitrogens with zero attached hydrogens (tertiary/aromatic N) is 2. The van der Waals surface area contributed by atoms with E-state index in [0.29, 0.717) is 17.4 Å². The summed E-state index contributed by atoms with van der Waals surface area (Å²) in [7, 11) is -2.35. The largest absolute Gasteiger partial charge is 0.496 e. The zero-order valence-corrected chi connectivity index (χ0v) is 25.6. The van der Waals surface area contributed by atoms with Crippen molar-refractivity contribution in [1.29, 1.82) is 0 Å². The molecule has 1 amide bonds. The van der Waals surface area contributed by atoms with Crippen molar-refractivity contribution >= 4 is 51.5 Å². The summed E-state index contributed by atoms with van der Waals surface area (Å²) in [6.07, 6.45) is 10.2. The Morgan fingerprint density at radius 3 is 2.31 bits per heavy atom. The van der Waals surface area contributed by atoms with Crippen molar-refractivity contribution in [2.75, 3.05) is 17.1 Å². The van der Waals surface area contributed by atoms with E-state index in [1.54, 1.807) is 42.7 Å². The number of methoxy groups -OCH3 is 1. The van der Waals surface area contributed by atoms with Crippen molar-refractivity contribution in [3.05, 3.63) is 71.0 Å². The Hall–Kier alpha value is -3.83. The number of rotatable bonds is 9. The van der Waals surface area contributed by atoms with Crippen molar-refractivity contribution in [1.82, 2.24) is 15.3 Å². The van der Waals surface area contributed by atoms with E-state index in [0.717, 1.165) is 36.8 Å². The van der Waals surface area contributed by atoms with E-state index in [1.807, 2.05) is 32.9 Å². The fourth-order valence-electron chi connectivity index (χ4n) is 4.51. The normalized spacial score (nSPS) is 17.5. The summed E-state index contributed by atoms with van der Waals surface area (Å²) in [6.45, 7) is 5.55. The van der Waals surface area contributed by atoms with E-state index >= 15 is 0 Å². The van der Waals surface area contributed by atoms with Crippen LogP contribution in [0.5, 0.6) is 5.75 Å². The molecule has 224 valence electrons. The third-order valence-electron chi connectivity index (χ3n) is 6.52. The lowest BCUT2D eigenvalue weighted by Gasteiger charge is -2.30. The van der Waals surface area contributed by atoms with E-state index in [4.69, 9.17) is 21.1 Å². The molecular formula is C30H36ClN5O5S. The molecule has 1 heterocycles. The minimum atomic E-state index is -3.87. The predicted octanol–water partition coefficient (Wildman–Crippen LogP) is 6.36. The number of amides is 1. The summed E-state index contributed by atoms with van der Waals surface area (Å²) in [5.74, 6) is 1.03. The summed E-state index contributed by atoms with van der Waals surface area (Å²) in [5.41, 5.74) is 1.37. The van der Waals surface area contributed by atoms with Crippen LogP contribution < -0.4 is 20.1 Å². The molecule has 0 bridgehead atoms. The number of aromatic nitrogens is 2. The Morgan fingerprint density at radius 1 is 1.00 bits per heavy atom. The van der Waals surface area contributed by atoms with Crippen molar-refractivity contribution in [3.63, 3.8) is 0 Å². The highest BCUT2D eigenvalue weighted by Gasteiger charge is 2.25. The highest BCUT2D eigenvalue weighted by atomic mass is 35.5. The fourth-order valence-corrected chi connectivity index (χ4v) is 6.08. The molecule has 42 heavy (non-hydrogen) atoms. The Morgan fingerprint density at radius 2 is 1.67 bits per heavy atom. The average molecular weight is 614 g/mol. The van der Waals surface area contributed by atoms with Crippen LogP contribution in [0, 0.1) is 0 Å². The molecule has 10 nitrogen and oxygen atoms in total. The third-order valence-corrected chi connectivity index (χ3v) is 8.40. The summed E-state index contributed by atoms with van der Waals surface area (Å²) >= 11 is 6.07. The first-order valence-corrected chi connectivity index (χ1v) is 15.5. The van der Waals surface area contributed by atoms with Gasteiger partial charge in [0, 0.05) is 41.7 Å². The maximum atomic E-state index is 12.8. The highest BCUT2D eigenvalue weighted by Crippen LogP contribution is 2.29. The monoisotopic (exact) mass is 613 g/mol. The quantitative estimate of drug-likeness (QED) is 0.254. The molecule has 2 aromatic carbocycles. The van der Waals surface area contributed by atoms with Crippen LogP contribution in [0.25, 0.3) is 12.2 Å². The van der Waals surface area contributed by atoms with Crippen LogP contribution in [0.4, 0.5) is 16.4 Å². The number of anilines is 2. The molecule has 3 aromatic rings. The first kappa shape index (κ1) is 31.1. The van der Waals surface area contributed by atoms with E-state index < -0.39 is 15.6 Å². The van der Waals surface area contributed by atoms with Crippen LogP contribution in [0.15, 0.2) is 59.8 Å². The molecule has 0 spiro atoms. The second-order valence-electron chi connectivity index (χ2n) is 11.0. The van der Waals surface area contributed by atoms with Crippen LogP contribution in [0.3, 0.4) is 0 Å². The van der Waals surface area contributed by atoms with Crippen molar-refractivity contribution < 1.29 is 22.7 Å². The molecule has 12 heteroatoms. The molecule has 0 atom stereocenters. The standard InChI is InChI=1S/C30H36ClN5O5S/c1-30(2,3)41-29(37)35-23-15-13-22(14-16-23)34-28-32-18-20(19-33-28)9-10-21-11-12-24(17-26(21)40-4)36-42(38,39)27-8-6-5-7-25(27)31/h5-12,17-19,22-23,36H,13-16H2,1-4H3,(H,35,37)(H,32,33,34)/b10-9+. The first-order chi connectivity index (χ1) is 19.9. The molecule has 4 rings (SSSR count). The molecule has 1 fully saturated rings. The average Bonchev–Trinajstić information content (AvgIpc) is 2.93. The van der Waals surface area contributed by atoms with Gasteiger partial charge in [0.05, 0.1) is 17.8 Å². The molecule has 1 aliphatic rings. The van der Waals surface area contributed by atoms with Crippen LogP contribution in [0.1, 0.15) is 57.6 Å². The van der Waals surface area contributed by atoms with Gasteiger partial charge in [-0.25, -0.2) is 23.2 Å². The maximum Gasteiger partial charge on any atom is 0.407 e. The van der Waals surface area contributed by atoms with Gasteiger partial charge in [-0.15, -0.1) is 0 Å². The number of ether oxygens (including phenoxy) is 2. The lowest BCUT2D eigenvalue weighted by Crippen LogP contribution is -2.42. The lowest BCUT2D eigenvalue weighted by molar-refractivity contribution is 0.0492. The van der Waals surface area contributed by atoms with Gasteiger partial charge in [-0.1, -0.05) is 35.9 Å². The first-order valence-electron chi connectivity index (χ1n) is 13.6. The number of hydrogen-bond acceptors (Lipinski definition) is 8. The Bertz CT molecular complexity index is 1520. The van der Waals surface area contributed by atoms with Gasteiger partial charge in [0.2, 0.25) is 5.95 Å². The summed E-state index contributed by atoms with van der Waals surface area (Å²) < 4.78 is 38.9. The number of alkyl carbamates (subject to hydrolysis) is 1. The molecule has 0 unspecified atom stereocenters. The van der Waals surface area contributed by atoms with Crippen LogP contribution in [-0.4, -0.2) is 49.3 Å². The molecular weight excluding hydrogens is 578 g/mol. The summed E-state index contributed by atoms with van der Waals surface area (Å²) in [4.78, 5) is 20.9. The SMILES string of the molecule is COc1cc(NS(=O)(=O)c2ccccc2Cl)ccc1/C=C/c1cnc(NC2CCC(NC(=O)OC(C)(C)C)CC2)nc1. The van der Waals surface area contributed by atoms with Gasteiger partial charge in [0.15, 0.2) is 0 Å². The number of halogens is 1. The number of nitrogens with one attached hydrogen (secondary N) is 3. The van der Waals surface area contributed by atoms with E-state index in [9.17, 15) is 13.2 Å². The summed E-state index contributed by atoms with van der Waals surface area (Å²) in [5, 5.41) is 6.47. The van der Waals surface area contributed by atoms with Gasteiger partial charge >= 0.3 is 6.09 Å². The van der Waals surface area contributed by atoms with Gasteiger partial charge in [-0.05, 0) is 70.7 Å². The Balaban J connectivity index is 1.31. The number of benzene rings is 2. The van der Waals surface area contributed by atoms with Crippen molar-refractivity contribution in [3.8, 4) is 5.75 Å². The van der Waals surface area contributed by atoms with E-state index in [1.165, 1.54) is 19.2 Å². The van der Waals surface area contributed by atoms with Crippen molar-refractivity contribution in [2.45, 2.75) is 69.0 Å². The number of carbonyl (C=O) groups is 1. The highest BCUT2D eigenvalue weighted by molar-refractivity contribution is 7.92. The van der Waals surface area contributed by atoms with Crippen LogP contribution >= 0.6 is 11.6 Å². The maximum absolute atomic E-state index is 12.8. The van der Waals surface area contributed by atoms with Crippen LogP contribution in [-0.2, 0) is 14.8 Å². The van der Waals surface area contributed by atoms with Gasteiger partial charge in [0.25, 0.3) is 10.0 Å². The van der Waals surface area contributed by atoms with Gasteiger partial charge < -0.3 is 20.1 Å². The van der Waals surface area contributed by atoms with E-state index in [2.05, 4.69) is 25.3 Å². The molecule has 0 saturated heterocycles. The van der Waals surface area contributed by atoms with Crippen LogP contribution in [0.2, 0.25) is 5.02 Å². The number of carbonyl (C=O) groups excluding carboxylic acids is 1. The zero-order chi connectivity index (χ0) is 30.3. The number of hydrogen-bond donors (Lipinski definition) is 3. The number of sulfonamides is 1. The zero-order valence-electron chi connectivity index (χ0n) is 24.1. The van der Waals surface area contributed by atoms with Gasteiger partial charge in [0.1, 0.15) is 16.2 Å². The minimum absolute atomic E-state index is 0.00423. The lowest BCUT2D eigenvalue weighted by atomic mass is 9.91. The molecule has 0 aliphatic heterocycles. The molecule has 1 saturated carbocycles. The Kier molecular flexibility index (Phi) is 9.95. The molecule has 3 N–H and O–H groups in total.